The quantitative estimate of drug-likeness (QED) is 0.850. The Kier molecular flexibility index (Phi) is 3.13. The molecule has 6 nitrogen and oxygen atoms in total. The van der Waals surface area contributed by atoms with Gasteiger partial charge in [0.1, 0.15) is 11.1 Å². The van der Waals surface area contributed by atoms with Gasteiger partial charge in [0.05, 0.1) is 13.2 Å². The van der Waals surface area contributed by atoms with Gasteiger partial charge in [-0.15, -0.1) is 0 Å². The van der Waals surface area contributed by atoms with E-state index >= 15 is 0 Å². The van der Waals surface area contributed by atoms with Crippen LogP contribution in [0.1, 0.15) is 30.4 Å². The van der Waals surface area contributed by atoms with Crippen LogP contribution < -0.4 is 11.1 Å². The zero-order chi connectivity index (χ0) is 16.1. The van der Waals surface area contributed by atoms with Crippen LogP contribution in [0.4, 0.5) is 4.79 Å². The van der Waals surface area contributed by atoms with Crippen molar-refractivity contribution in [2.75, 3.05) is 19.7 Å². The molecule has 3 amide bonds. The fourth-order valence-corrected chi connectivity index (χ4v) is 3.98. The molecular weight excluding hydrogens is 294 g/mol. The van der Waals surface area contributed by atoms with E-state index in [1.807, 2.05) is 17.0 Å². The second-order valence-electron chi connectivity index (χ2n) is 6.80. The molecule has 1 unspecified atom stereocenters. The van der Waals surface area contributed by atoms with Crippen LogP contribution in [0.5, 0.6) is 0 Å². The van der Waals surface area contributed by atoms with E-state index in [4.69, 9.17) is 10.5 Å². The number of fused-ring (bicyclic) bond motifs is 2. The van der Waals surface area contributed by atoms with Crippen molar-refractivity contribution in [3.8, 4) is 0 Å². The number of hydrogen-bond acceptors (Lipinski definition) is 3. The average molecular weight is 315 g/mol. The highest BCUT2D eigenvalue weighted by atomic mass is 16.5. The molecule has 6 heteroatoms. The van der Waals surface area contributed by atoms with Gasteiger partial charge >= 0.3 is 6.03 Å². The minimum atomic E-state index is -0.775. The van der Waals surface area contributed by atoms with E-state index in [1.165, 1.54) is 11.1 Å². The molecule has 4 rings (SSSR count). The van der Waals surface area contributed by atoms with Crippen LogP contribution in [0, 0.1) is 0 Å². The Morgan fingerprint density at radius 3 is 2.74 bits per heavy atom. The van der Waals surface area contributed by atoms with Crippen LogP contribution in [-0.2, 0) is 21.6 Å². The molecule has 1 saturated carbocycles. The molecule has 3 N–H and O–H groups in total. The zero-order valence-corrected chi connectivity index (χ0v) is 13.0. The molecule has 1 aliphatic heterocycles. The van der Waals surface area contributed by atoms with Gasteiger partial charge < -0.3 is 20.7 Å². The molecule has 0 aromatic heterocycles. The van der Waals surface area contributed by atoms with Gasteiger partial charge in [-0.3, -0.25) is 4.79 Å². The first kappa shape index (κ1) is 14.5. The number of urea groups is 1. The van der Waals surface area contributed by atoms with Gasteiger partial charge in [0.15, 0.2) is 0 Å². The monoisotopic (exact) mass is 315 g/mol. The summed E-state index contributed by atoms with van der Waals surface area (Å²) in [6.07, 6.45) is 3.20. The molecule has 23 heavy (non-hydrogen) atoms. The molecule has 1 atom stereocenters. The third-order valence-corrected chi connectivity index (χ3v) is 5.30. The van der Waals surface area contributed by atoms with Crippen molar-refractivity contribution in [1.82, 2.24) is 10.2 Å². The van der Waals surface area contributed by atoms with E-state index in [2.05, 4.69) is 17.4 Å². The van der Waals surface area contributed by atoms with Crippen molar-refractivity contribution < 1.29 is 14.3 Å². The number of carbonyl (C=O) groups excluding carboxylic acids is 2. The summed E-state index contributed by atoms with van der Waals surface area (Å²) in [5.41, 5.74) is 6.55. The SMILES string of the molecule is NC(=O)NC1(C(=O)N2CCOC3(CCc4ccccc43)C2)CC1. The van der Waals surface area contributed by atoms with E-state index in [9.17, 15) is 9.59 Å². The normalized spacial score (nSPS) is 27.6. The Labute approximate surface area is 135 Å². The van der Waals surface area contributed by atoms with E-state index < -0.39 is 17.2 Å². The van der Waals surface area contributed by atoms with Crippen LogP contribution in [0.2, 0.25) is 0 Å². The summed E-state index contributed by atoms with van der Waals surface area (Å²) in [7, 11) is 0. The van der Waals surface area contributed by atoms with Gasteiger partial charge in [-0.2, -0.15) is 0 Å². The Morgan fingerprint density at radius 2 is 2.00 bits per heavy atom. The minimum absolute atomic E-state index is 0.0247. The lowest BCUT2D eigenvalue weighted by Gasteiger charge is -2.42. The fraction of sp³-hybridized carbons (Fsp3) is 0.529. The Morgan fingerprint density at radius 1 is 1.22 bits per heavy atom. The molecule has 2 aliphatic carbocycles. The molecule has 1 spiro atoms. The second kappa shape index (κ2) is 4.96. The maximum Gasteiger partial charge on any atom is 0.313 e. The molecule has 3 aliphatic rings. The molecule has 0 radical (unpaired) electrons. The lowest BCUT2D eigenvalue weighted by atomic mass is 9.93. The maximum absolute atomic E-state index is 12.9. The minimum Gasteiger partial charge on any atom is -0.367 e. The molecular formula is C17H21N3O3. The van der Waals surface area contributed by atoms with Crippen molar-refractivity contribution >= 4 is 11.9 Å². The number of hydrogen-bond donors (Lipinski definition) is 2. The van der Waals surface area contributed by atoms with Gasteiger partial charge in [-0.05, 0) is 36.8 Å². The third-order valence-electron chi connectivity index (χ3n) is 5.30. The Hall–Kier alpha value is -2.08. The summed E-state index contributed by atoms with van der Waals surface area (Å²) < 4.78 is 6.14. The van der Waals surface area contributed by atoms with Gasteiger partial charge in [-0.25, -0.2) is 4.79 Å². The first-order chi connectivity index (χ1) is 11.0. The van der Waals surface area contributed by atoms with E-state index in [0.717, 1.165) is 12.8 Å². The van der Waals surface area contributed by atoms with Crippen molar-refractivity contribution in [2.24, 2.45) is 5.73 Å². The number of benzene rings is 1. The molecule has 2 fully saturated rings. The lowest BCUT2D eigenvalue weighted by molar-refractivity contribution is -0.155. The summed E-state index contributed by atoms with van der Waals surface area (Å²) in [6, 6.07) is 7.66. The molecule has 1 aromatic carbocycles. The van der Waals surface area contributed by atoms with E-state index in [0.29, 0.717) is 32.5 Å². The van der Waals surface area contributed by atoms with Crippen LogP contribution >= 0.6 is 0 Å². The largest absolute Gasteiger partial charge is 0.367 e. The first-order valence-corrected chi connectivity index (χ1v) is 8.14. The Bertz CT molecular complexity index is 667. The van der Waals surface area contributed by atoms with E-state index in [-0.39, 0.29) is 5.91 Å². The second-order valence-corrected chi connectivity index (χ2v) is 6.80. The average Bonchev–Trinajstić information content (AvgIpc) is 3.24. The standard InChI is InChI=1S/C17H21N3O3/c18-15(22)19-16(7-8-16)14(21)20-9-10-23-17(11-20)6-5-12-3-1-2-4-13(12)17/h1-4H,5-11H2,(H3,18,19,22). The summed E-state index contributed by atoms with van der Waals surface area (Å²) in [5.74, 6) is -0.0247. The summed E-state index contributed by atoms with van der Waals surface area (Å²) in [6.45, 7) is 1.63. The van der Waals surface area contributed by atoms with Crippen LogP contribution in [-0.4, -0.2) is 42.1 Å². The molecule has 1 aromatic rings. The summed E-state index contributed by atoms with van der Waals surface area (Å²) >= 11 is 0. The van der Waals surface area contributed by atoms with Crippen molar-refractivity contribution in [3.05, 3.63) is 35.4 Å². The summed E-state index contributed by atoms with van der Waals surface area (Å²) in [4.78, 5) is 25.9. The topological polar surface area (TPSA) is 84.7 Å². The number of ether oxygens (including phenoxy) is 1. The van der Waals surface area contributed by atoms with Crippen LogP contribution in [0.15, 0.2) is 24.3 Å². The molecule has 1 heterocycles. The smallest absolute Gasteiger partial charge is 0.313 e. The number of amides is 3. The number of nitrogens with one attached hydrogen (secondary N) is 1. The highest BCUT2D eigenvalue weighted by molar-refractivity contribution is 5.93. The van der Waals surface area contributed by atoms with Crippen LogP contribution in [0.3, 0.4) is 0 Å². The van der Waals surface area contributed by atoms with Crippen molar-refractivity contribution in [1.29, 1.82) is 0 Å². The number of aryl methyl sites for hydroxylation is 1. The third kappa shape index (κ3) is 2.28. The number of nitrogens with two attached hydrogens (primary N) is 1. The number of carbonyl (C=O) groups is 2. The van der Waals surface area contributed by atoms with Gasteiger partial charge in [-0.1, -0.05) is 24.3 Å². The highest BCUT2D eigenvalue weighted by Gasteiger charge is 2.55. The number of rotatable bonds is 2. The predicted molar refractivity (Wildman–Crippen MR) is 83.7 cm³/mol. The zero-order valence-electron chi connectivity index (χ0n) is 13.0. The van der Waals surface area contributed by atoms with Crippen molar-refractivity contribution in [2.45, 2.75) is 36.8 Å². The predicted octanol–water partition coefficient (Wildman–Crippen LogP) is 0.888. The number of nitrogens with zero attached hydrogens (tertiary/aromatic N) is 1. The Balaban J connectivity index is 1.57. The van der Waals surface area contributed by atoms with Gasteiger partial charge in [0.2, 0.25) is 5.91 Å². The molecule has 0 bridgehead atoms. The summed E-state index contributed by atoms with van der Waals surface area (Å²) in [5, 5.41) is 2.63. The van der Waals surface area contributed by atoms with Gasteiger partial charge in [0.25, 0.3) is 0 Å². The number of primary amides is 1. The van der Waals surface area contributed by atoms with Gasteiger partial charge in [0, 0.05) is 6.54 Å². The fourth-order valence-electron chi connectivity index (χ4n) is 3.98. The first-order valence-electron chi connectivity index (χ1n) is 8.14. The molecule has 1 saturated heterocycles. The van der Waals surface area contributed by atoms with Crippen LogP contribution in [0.25, 0.3) is 0 Å². The lowest BCUT2D eigenvalue weighted by Crippen LogP contribution is -2.58. The van der Waals surface area contributed by atoms with E-state index in [1.54, 1.807) is 0 Å². The highest BCUT2D eigenvalue weighted by Crippen LogP contribution is 2.44. The van der Waals surface area contributed by atoms with Crippen molar-refractivity contribution in [3.63, 3.8) is 0 Å². The number of morpholine rings is 1. The maximum atomic E-state index is 12.9. The molecule has 122 valence electrons.